The molecule has 0 spiro atoms. The van der Waals surface area contributed by atoms with E-state index in [0.717, 1.165) is 12.1 Å². The third-order valence-corrected chi connectivity index (χ3v) is 2.55. The maximum absolute atomic E-state index is 13.4. The first kappa shape index (κ1) is 13.6. The van der Waals surface area contributed by atoms with E-state index >= 15 is 0 Å². The minimum atomic E-state index is -0.441. The highest BCUT2D eigenvalue weighted by molar-refractivity contribution is 5.76. The van der Waals surface area contributed by atoms with E-state index in [9.17, 15) is 8.78 Å². The van der Waals surface area contributed by atoms with Gasteiger partial charge < -0.3 is 5.73 Å². The largest absolute Gasteiger partial charge is 0.388 e. The van der Waals surface area contributed by atoms with Gasteiger partial charge in [0.1, 0.15) is 11.6 Å². The summed E-state index contributed by atoms with van der Waals surface area (Å²) in [5, 5.41) is 7.14. The van der Waals surface area contributed by atoms with Gasteiger partial charge in [-0.15, -0.1) is 0 Å². The predicted molar refractivity (Wildman–Crippen MR) is 63.8 cm³/mol. The van der Waals surface area contributed by atoms with E-state index in [1.54, 1.807) is 0 Å². The Kier molecular flexibility index (Phi) is 5.03. The lowest BCUT2D eigenvalue weighted by molar-refractivity contribution is 0.283. The quantitative estimate of drug-likeness (QED) is 0.592. The van der Waals surface area contributed by atoms with Crippen molar-refractivity contribution in [1.82, 2.24) is 4.90 Å². The van der Waals surface area contributed by atoms with Crippen LogP contribution in [0.4, 0.5) is 8.78 Å². The maximum Gasteiger partial charge on any atom is 0.127 e. The van der Waals surface area contributed by atoms with Crippen LogP contribution >= 0.6 is 0 Å². The normalized spacial score (nSPS) is 10.8. The molecule has 0 unspecified atom stereocenters. The number of nitrogens with two attached hydrogens (primary N) is 1. The van der Waals surface area contributed by atoms with Crippen LogP contribution in [-0.4, -0.2) is 23.8 Å². The summed E-state index contributed by atoms with van der Waals surface area (Å²) in [6.07, 6.45) is 0.435. The van der Waals surface area contributed by atoms with Crippen molar-refractivity contribution >= 4 is 5.84 Å². The van der Waals surface area contributed by atoms with E-state index in [4.69, 9.17) is 11.1 Å². The Morgan fingerprint density at radius 3 is 2.71 bits per heavy atom. The zero-order valence-corrected chi connectivity index (χ0v) is 9.84. The highest BCUT2D eigenvalue weighted by Gasteiger charge is 2.09. The van der Waals surface area contributed by atoms with Crippen molar-refractivity contribution in [3.8, 4) is 0 Å². The summed E-state index contributed by atoms with van der Waals surface area (Å²) in [7, 11) is 0. The molecule has 17 heavy (non-hydrogen) atoms. The van der Waals surface area contributed by atoms with Gasteiger partial charge in [0, 0.05) is 25.1 Å². The van der Waals surface area contributed by atoms with Gasteiger partial charge in [-0.25, -0.2) is 8.78 Å². The number of nitrogens with zero attached hydrogens (tertiary/aromatic N) is 1. The summed E-state index contributed by atoms with van der Waals surface area (Å²) in [5.41, 5.74) is 5.59. The summed E-state index contributed by atoms with van der Waals surface area (Å²) < 4.78 is 26.4. The predicted octanol–water partition coefficient (Wildman–Crippen LogP) is 2.11. The number of hydrogen-bond donors (Lipinski definition) is 2. The van der Waals surface area contributed by atoms with Crippen molar-refractivity contribution < 1.29 is 8.78 Å². The molecule has 1 aromatic carbocycles. The van der Waals surface area contributed by atoms with Crippen molar-refractivity contribution in [3.05, 3.63) is 35.4 Å². The lowest BCUT2D eigenvalue weighted by Crippen LogP contribution is -2.27. The number of hydrogen-bond acceptors (Lipinski definition) is 2. The highest BCUT2D eigenvalue weighted by Crippen LogP contribution is 2.12. The molecule has 5 heteroatoms. The third kappa shape index (κ3) is 4.48. The molecule has 0 radical (unpaired) electrons. The lowest BCUT2D eigenvalue weighted by atomic mass is 10.2. The van der Waals surface area contributed by atoms with Gasteiger partial charge in [-0.05, 0) is 24.7 Å². The van der Waals surface area contributed by atoms with Crippen molar-refractivity contribution in [2.45, 2.75) is 19.9 Å². The zero-order chi connectivity index (χ0) is 12.8. The Hall–Kier alpha value is -1.49. The molecule has 3 nitrogen and oxygen atoms in total. The van der Waals surface area contributed by atoms with Gasteiger partial charge in [0.15, 0.2) is 0 Å². The summed E-state index contributed by atoms with van der Waals surface area (Å²) in [6.45, 7) is 3.52. The average molecular weight is 241 g/mol. The second kappa shape index (κ2) is 6.30. The van der Waals surface area contributed by atoms with Crippen molar-refractivity contribution in [3.63, 3.8) is 0 Å². The standard InChI is InChI=1S/C12H17F2N3/c1-2-17(6-5-12(15)16)8-9-7-10(13)3-4-11(9)14/h3-4,7H,2,5-6,8H2,1H3,(H3,15,16). The van der Waals surface area contributed by atoms with E-state index in [1.165, 1.54) is 6.07 Å². The molecule has 0 amide bonds. The van der Waals surface area contributed by atoms with Crippen molar-refractivity contribution in [2.24, 2.45) is 5.73 Å². The van der Waals surface area contributed by atoms with E-state index in [-0.39, 0.29) is 5.84 Å². The zero-order valence-electron chi connectivity index (χ0n) is 9.84. The first-order valence-electron chi connectivity index (χ1n) is 5.52. The van der Waals surface area contributed by atoms with Crippen LogP contribution in [0.5, 0.6) is 0 Å². The molecule has 0 saturated heterocycles. The topological polar surface area (TPSA) is 53.1 Å². The molecule has 0 atom stereocenters. The number of nitrogens with one attached hydrogen (secondary N) is 1. The Morgan fingerprint density at radius 2 is 2.12 bits per heavy atom. The lowest BCUT2D eigenvalue weighted by Gasteiger charge is -2.20. The summed E-state index contributed by atoms with van der Waals surface area (Å²) in [5.74, 6) is -0.750. The average Bonchev–Trinajstić information content (AvgIpc) is 2.28. The van der Waals surface area contributed by atoms with E-state index in [2.05, 4.69) is 0 Å². The molecule has 0 aliphatic carbocycles. The number of benzene rings is 1. The molecule has 0 fully saturated rings. The van der Waals surface area contributed by atoms with Crippen molar-refractivity contribution in [2.75, 3.05) is 13.1 Å². The summed E-state index contributed by atoms with van der Waals surface area (Å²) in [4.78, 5) is 1.92. The fourth-order valence-electron chi connectivity index (χ4n) is 1.53. The molecule has 0 bridgehead atoms. The molecular weight excluding hydrogens is 224 g/mol. The summed E-state index contributed by atoms with van der Waals surface area (Å²) >= 11 is 0. The molecule has 0 aromatic heterocycles. The van der Waals surface area contributed by atoms with Gasteiger partial charge in [0.05, 0.1) is 5.84 Å². The maximum atomic E-state index is 13.4. The van der Waals surface area contributed by atoms with Crippen LogP contribution in [0.15, 0.2) is 18.2 Å². The SMILES string of the molecule is CCN(CCC(=N)N)Cc1cc(F)ccc1F. The van der Waals surface area contributed by atoms with Crippen LogP contribution in [-0.2, 0) is 6.54 Å². The minimum absolute atomic E-state index is 0.100. The van der Waals surface area contributed by atoms with Crippen LogP contribution < -0.4 is 5.73 Å². The molecule has 1 aromatic rings. The Bertz CT molecular complexity index is 393. The third-order valence-electron chi connectivity index (χ3n) is 2.55. The van der Waals surface area contributed by atoms with Crippen LogP contribution in [0.2, 0.25) is 0 Å². The molecule has 1 rings (SSSR count). The van der Waals surface area contributed by atoms with Gasteiger partial charge in [0.2, 0.25) is 0 Å². The first-order valence-corrected chi connectivity index (χ1v) is 5.52. The molecule has 0 heterocycles. The van der Waals surface area contributed by atoms with Crippen LogP contribution in [0.3, 0.4) is 0 Å². The summed E-state index contributed by atoms with van der Waals surface area (Å²) in [6, 6.07) is 3.43. The smallest absolute Gasteiger partial charge is 0.127 e. The Labute approximate surface area is 99.7 Å². The van der Waals surface area contributed by atoms with Gasteiger partial charge in [-0.1, -0.05) is 6.92 Å². The highest BCUT2D eigenvalue weighted by atomic mass is 19.1. The van der Waals surface area contributed by atoms with Crippen LogP contribution in [0, 0.1) is 17.0 Å². The van der Waals surface area contributed by atoms with Gasteiger partial charge in [-0.2, -0.15) is 0 Å². The number of amidine groups is 1. The Balaban J connectivity index is 2.66. The molecule has 0 aliphatic rings. The van der Waals surface area contributed by atoms with E-state index in [0.29, 0.717) is 31.6 Å². The Morgan fingerprint density at radius 1 is 1.41 bits per heavy atom. The fraction of sp³-hybridized carbons (Fsp3) is 0.417. The van der Waals surface area contributed by atoms with Crippen molar-refractivity contribution in [1.29, 1.82) is 5.41 Å². The number of halogens is 2. The van der Waals surface area contributed by atoms with E-state index in [1.807, 2.05) is 11.8 Å². The van der Waals surface area contributed by atoms with Gasteiger partial charge in [0.25, 0.3) is 0 Å². The van der Waals surface area contributed by atoms with Gasteiger partial charge in [-0.3, -0.25) is 10.3 Å². The second-order valence-corrected chi connectivity index (χ2v) is 3.88. The monoisotopic (exact) mass is 241 g/mol. The number of rotatable bonds is 6. The van der Waals surface area contributed by atoms with E-state index < -0.39 is 11.6 Å². The van der Waals surface area contributed by atoms with Gasteiger partial charge >= 0.3 is 0 Å². The first-order chi connectivity index (χ1) is 8.02. The van der Waals surface area contributed by atoms with Crippen LogP contribution in [0.1, 0.15) is 18.9 Å². The molecule has 94 valence electrons. The van der Waals surface area contributed by atoms with Crippen LogP contribution in [0.25, 0.3) is 0 Å². The molecular formula is C12H17F2N3. The minimum Gasteiger partial charge on any atom is -0.388 e. The second-order valence-electron chi connectivity index (χ2n) is 3.88. The molecule has 3 N–H and O–H groups in total. The fourth-order valence-corrected chi connectivity index (χ4v) is 1.53. The molecule has 0 aliphatic heterocycles. The molecule has 0 saturated carbocycles.